The smallest absolute Gasteiger partial charge is 0.272 e. The molecule has 13 heteroatoms. The molecule has 1 aliphatic rings. The van der Waals surface area contributed by atoms with Crippen molar-refractivity contribution in [1.29, 1.82) is 0 Å². The number of rotatable bonds is 5. The Morgan fingerprint density at radius 1 is 1.12 bits per heavy atom. The number of piperazine rings is 1. The Morgan fingerprint density at radius 2 is 2.00 bits per heavy atom. The highest BCUT2D eigenvalue weighted by molar-refractivity contribution is 5.93. The monoisotopic (exact) mass is 561 g/mol. The first-order chi connectivity index (χ1) is 20.5. The number of anilines is 3. The number of nitrogens with zero attached hydrogens (tertiary/aromatic N) is 9. The van der Waals surface area contributed by atoms with Crippen LogP contribution < -0.4 is 20.9 Å². The normalized spacial score (nSPS) is 14.8. The summed E-state index contributed by atoms with van der Waals surface area (Å²) in [6, 6.07) is 14.2. The van der Waals surface area contributed by atoms with Gasteiger partial charge in [-0.15, -0.1) is 10.2 Å². The molecule has 1 aromatic carbocycles. The van der Waals surface area contributed by atoms with Gasteiger partial charge in [-0.05, 0) is 43.2 Å². The summed E-state index contributed by atoms with van der Waals surface area (Å²) in [4.78, 5) is 29.9. The van der Waals surface area contributed by atoms with Crippen molar-refractivity contribution < 1.29 is 9.90 Å². The van der Waals surface area contributed by atoms with Crippen LogP contribution in [0.4, 0.5) is 17.3 Å². The number of hydrogen-bond acceptors (Lipinski definition) is 11. The van der Waals surface area contributed by atoms with Crippen molar-refractivity contribution in [2.24, 2.45) is 0 Å². The van der Waals surface area contributed by atoms with E-state index < -0.39 is 0 Å². The zero-order valence-electron chi connectivity index (χ0n) is 22.7. The van der Waals surface area contributed by atoms with Crippen molar-refractivity contribution >= 4 is 28.9 Å². The lowest BCUT2D eigenvalue weighted by molar-refractivity contribution is 0.0953. The number of aromatic nitrogens is 7. The van der Waals surface area contributed by atoms with Gasteiger partial charge in [0.25, 0.3) is 5.91 Å². The Labute approximate surface area is 241 Å². The highest BCUT2D eigenvalue weighted by atomic mass is 16.3. The second-order valence-electron chi connectivity index (χ2n) is 9.68. The summed E-state index contributed by atoms with van der Waals surface area (Å²) in [7, 11) is 0. The molecule has 4 N–H and O–H groups in total. The van der Waals surface area contributed by atoms with Crippen LogP contribution in [0.1, 0.15) is 23.2 Å². The van der Waals surface area contributed by atoms with E-state index in [-0.39, 0.29) is 29.9 Å². The zero-order chi connectivity index (χ0) is 29.1. The third-order valence-corrected chi connectivity index (χ3v) is 6.89. The molecule has 42 heavy (non-hydrogen) atoms. The summed E-state index contributed by atoms with van der Waals surface area (Å²) in [6.45, 7) is 4.26. The molecule has 0 bridgehead atoms. The molecule has 1 aliphatic heterocycles. The standard InChI is InChI=1S/C29H27N11O2/c1-19-18-38(23-16-21(35-36-28(23)30)20-6-2-3-7-24(20)41)14-15-39(19)26-9-12-31-25(34-26)8-4-10-33-29(42)22-17-27-32-11-5-13-40(27)37-22/h2-3,5-7,9,11-13,16-17,19,41H,10,14-15,18H2,1H3,(H2,30,36)(H,33,42). The second-order valence-corrected chi connectivity index (χ2v) is 9.68. The number of amides is 1. The first-order valence-corrected chi connectivity index (χ1v) is 13.3. The molecule has 4 aromatic heterocycles. The first-order valence-electron chi connectivity index (χ1n) is 13.3. The van der Waals surface area contributed by atoms with Gasteiger partial charge in [0.15, 0.2) is 17.2 Å². The summed E-state index contributed by atoms with van der Waals surface area (Å²) in [5, 5.41) is 25.5. The van der Waals surface area contributed by atoms with Crippen LogP contribution in [-0.4, -0.2) is 78.0 Å². The summed E-state index contributed by atoms with van der Waals surface area (Å²) < 4.78 is 1.54. The summed E-state index contributed by atoms with van der Waals surface area (Å²) in [5.74, 6) is 7.09. The van der Waals surface area contributed by atoms with E-state index in [9.17, 15) is 9.90 Å². The number of phenols is 1. The van der Waals surface area contributed by atoms with E-state index in [0.29, 0.717) is 48.2 Å². The number of fused-ring (bicyclic) bond motifs is 1. The Morgan fingerprint density at radius 3 is 2.83 bits per heavy atom. The largest absolute Gasteiger partial charge is 0.507 e. The van der Waals surface area contributed by atoms with Gasteiger partial charge in [-0.3, -0.25) is 4.79 Å². The van der Waals surface area contributed by atoms with Crippen molar-refractivity contribution in [3.63, 3.8) is 0 Å². The van der Waals surface area contributed by atoms with Crippen LogP contribution in [0.5, 0.6) is 5.75 Å². The quantitative estimate of drug-likeness (QED) is 0.268. The van der Waals surface area contributed by atoms with Crippen molar-refractivity contribution in [3.8, 4) is 28.8 Å². The summed E-state index contributed by atoms with van der Waals surface area (Å²) in [5.41, 5.74) is 8.99. The molecule has 1 fully saturated rings. The average molecular weight is 562 g/mol. The van der Waals surface area contributed by atoms with E-state index in [0.717, 1.165) is 11.5 Å². The number of carbonyl (C=O) groups excluding carboxylic acids is 1. The number of hydrogen-bond donors (Lipinski definition) is 3. The lowest BCUT2D eigenvalue weighted by Crippen LogP contribution is -2.52. The van der Waals surface area contributed by atoms with E-state index in [2.05, 4.69) is 64.1 Å². The predicted molar refractivity (Wildman–Crippen MR) is 157 cm³/mol. The zero-order valence-corrected chi connectivity index (χ0v) is 22.7. The van der Waals surface area contributed by atoms with Gasteiger partial charge >= 0.3 is 0 Å². The van der Waals surface area contributed by atoms with E-state index in [1.165, 1.54) is 4.52 Å². The number of nitrogens with one attached hydrogen (secondary N) is 1. The highest BCUT2D eigenvalue weighted by Crippen LogP contribution is 2.32. The van der Waals surface area contributed by atoms with Crippen molar-refractivity contribution in [1.82, 2.24) is 40.1 Å². The Bertz CT molecular complexity index is 1790. The molecule has 0 radical (unpaired) electrons. The van der Waals surface area contributed by atoms with E-state index in [4.69, 9.17) is 5.73 Å². The average Bonchev–Trinajstić information content (AvgIpc) is 3.45. The molecular formula is C29H27N11O2. The van der Waals surface area contributed by atoms with Gasteiger partial charge in [0.05, 0.1) is 17.9 Å². The molecule has 0 aliphatic carbocycles. The second kappa shape index (κ2) is 11.4. The minimum absolute atomic E-state index is 0.0924. The maximum Gasteiger partial charge on any atom is 0.272 e. The SMILES string of the molecule is CC1CN(c2cc(-c3ccccc3O)nnc2N)CCN1c1ccnc(C#CCNC(=O)c2cc3ncccn3n2)n1. The Balaban J connectivity index is 1.09. The molecule has 6 rings (SSSR count). The molecule has 5 aromatic rings. The van der Waals surface area contributed by atoms with Crippen LogP contribution in [-0.2, 0) is 0 Å². The Hall–Kier alpha value is -5.77. The fraction of sp³-hybridized carbons (Fsp3) is 0.207. The van der Waals surface area contributed by atoms with Gasteiger partial charge < -0.3 is 26.0 Å². The van der Waals surface area contributed by atoms with Crippen LogP contribution in [0.3, 0.4) is 0 Å². The molecule has 1 saturated heterocycles. The van der Waals surface area contributed by atoms with E-state index in [1.807, 2.05) is 18.2 Å². The maximum atomic E-state index is 12.4. The van der Waals surface area contributed by atoms with Crippen molar-refractivity contribution in [2.75, 3.05) is 41.7 Å². The molecule has 210 valence electrons. The molecule has 1 amide bonds. The van der Waals surface area contributed by atoms with Gasteiger partial charge in [0.2, 0.25) is 5.82 Å². The van der Waals surface area contributed by atoms with E-state index >= 15 is 0 Å². The van der Waals surface area contributed by atoms with Gasteiger partial charge in [-0.25, -0.2) is 19.5 Å². The van der Waals surface area contributed by atoms with Gasteiger partial charge in [-0.1, -0.05) is 18.1 Å². The minimum atomic E-state index is -0.339. The molecule has 0 saturated carbocycles. The van der Waals surface area contributed by atoms with Gasteiger partial charge in [0.1, 0.15) is 11.6 Å². The van der Waals surface area contributed by atoms with Gasteiger partial charge in [-0.2, -0.15) is 5.10 Å². The summed E-state index contributed by atoms with van der Waals surface area (Å²) in [6.07, 6.45) is 5.04. The number of benzene rings is 1. The number of aromatic hydroxyl groups is 1. The molecular weight excluding hydrogens is 534 g/mol. The molecule has 5 heterocycles. The number of para-hydroxylation sites is 1. The van der Waals surface area contributed by atoms with Crippen LogP contribution >= 0.6 is 0 Å². The first kappa shape index (κ1) is 26.5. The van der Waals surface area contributed by atoms with E-state index in [1.54, 1.807) is 48.9 Å². The predicted octanol–water partition coefficient (Wildman–Crippen LogP) is 1.76. The highest BCUT2D eigenvalue weighted by Gasteiger charge is 2.27. The fourth-order valence-corrected chi connectivity index (χ4v) is 4.83. The third-order valence-electron chi connectivity index (χ3n) is 6.89. The number of nitrogens with two attached hydrogens (primary N) is 1. The molecule has 13 nitrogen and oxygen atoms in total. The van der Waals surface area contributed by atoms with Crippen LogP contribution in [0, 0.1) is 11.8 Å². The number of nitrogen functional groups attached to an aromatic ring is 1. The summed E-state index contributed by atoms with van der Waals surface area (Å²) >= 11 is 0. The van der Waals surface area contributed by atoms with Crippen LogP contribution in [0.25, 0.3) is 16.9 Å². The lowest BCUT2D eigenvalue weighted by Gasteiger charge is -2.41. The van der Waals surface area contributed by atoms with Crippen LogP contribution in [0.15, 0.2) is 67.1 Å². The van der Waals surface area contributed by atoms with Crippen molar-refractivity contribution in [2.45, 2.75) is 13.0 Å². The number of phenolic OH excluding ortho intramolecular Hbond substituents is 1. The minimum Gasteiger partial charge on any atom is -0.507 e. The number of carbonyl (C=O) groups is 1. The molecule has 1 unspecified atom stereocenters. The Kier molecular flexibility index (Phi) is 7.17. The molecule has 1 atom stereocenters. The van der Waals surface area contributed by atoms with Crippen molar-refractivity contribution in [3.05, 3.63) is 78.6 Å². The van der Waals surface area contributed by atoms with Gasteiger partial charge in [0, 0.05) is 55.9 Å². The maximum absolute atomic E-state index is 12.4. The lowest BCUT2D eigenvalue weighted by atomic mass is 10.1. The molecule has 0 spiro atoms. The fourth-order valence-electron chi connectivity index (χ4n) is 4.83. The third kappa shape index (κ3) is 5.46. The van der Waals surface area contributed by atoms with Crippen LogP contribution in [0.2, 0.25) is 0 Å². The topological polar surface area (TPSA) is 164 Å².